The van der Waals surface area contributed by atoms with Crippen molar-refractivity contribution in [2.24, 2.45) is 11.7 Å². The summed E-state index contributed by atoms with van der Waals surface area (Å²) < 4.78 is 22.3. The van der Waals surface area contributed by atoms with Gasteiger partial charge in [-0.05, 0) is 12.3 Å². The van der Waals surface area contributed by atoms with Gasteiger partial charge in [0, 0.05) is 12.2 Å². The fraction of sp³-hybridized carbons (Fsp3) is 0.900. The third-order valence-corrected chi connectivity index (χ3v) is 4.20. The molecule has 0 rings (SSSR count). The Morgan fingerprint density at radius 1 is 1.33 bits per heavy atom. The van der Waals surface area contributed by atoms with Gasteiger partial charge in [-0.25, -0.2) is 8.42 Å². The van der Waals surface area contributed by atoms with Crippen molar-refractivity contribution in [2.75, 3.05) is 11.5 Å². The molecule has 0 aromatic heterocycles. The van der Waals surface area contributed by atoms with Gasteiger partial charge in [-0.1, -0.05) is 20.8 Å². The largest absolute Gasteiger partial charge is 0.321 e. The summed E-state index contributed by atoms with van der Waals surface area (Å²) in [7, 11) is -2.95. The Balaban J connectivity index is 3.93. The molecule has 0 amide bonds. The van der Waals surface area contributed by atoms with E-state index in [0.29, 0.717) is 6.42 Å². The minimum Gasteiger partial charge on any atom is -0.321 e. The van der Waals surface area contributed by atoms with Crippen molar-refractivity contribution in [1.82, 2.24) is 0 Å². The Kier molecular flexibility index (Phi) is 6.05. The lowest BCUT2D eigenvalue weighted by molar-refractivity contribution is -0.121. The van der Waals surface area contributed by atoms with Gasteiger partial charge < -0.3 is 5.73 Å². The molecule has 0 bridgehead atoms. The maximum absolute atomic E-state index is 11.4. The van der Waals surface area contributed by atoms with Crippen LogP contribution in [0.2, 0.25) is 0 Å². The minimum absolute atomic E-state index is 0.0451. The molecule has 0 saturated carbocycles. The van der Waals surface area contributed by atoms with E-state index in [0.717, 1.165) is 0 Å². The topological polar surface area (TPSA) is 77.2 Å². The molecule has 0 radical (unpaired) electrons. The van der Waals surface area contributed by atoms with Gasteiger partial charge in [-0.3, -0.25) is 4.79 Å². The number of carbonyl (C=O) groups excluding carboxylic acids is 1. The van der Waals surface area contributed by atoms with E-state index in [2.05, 4.69) is 0 Å². The monoisotopic (exact) mass is 235 g/mol. The van der Waals surface area contributed by atoms with Crippen LogP contribution in [0.25, 0.3) is 0 Å². The van der Waals surface area contributed by atoms with E-state index in [9.17, 15) is 13.2 Å². The molecule has 0 aliphatic heterocycles. The van der Waals surface area contributed by atoms with Crippen molar-refractivity contribution >= 4 is 15.6 Å². The molecule has 5 heteroatoms. The summed E-state index contributed by atoms with van der Waals surface area (Å²) >= 11 is 0. The average molecular weight is 235 g/mol. The fourth-order valence-electron chi connectivity index (χ4n) is 1.15. The standard InChI is InChI=1S/C10H21NO3S/c1-4-15(13,14)7-5-6-9(12)10(11)8(2)3/h8,10H,4-7,11H2,1-3H3. The van der Waals surface area contributed by atoms with Gasteiger partial charge in [0.2, 0.25) is 0 Å². The van der Waals surface area contributed by atoms with Gasteiger partial charge in [0.05, 0.1) is 11.8 Å². The third-order valence-electron chi connectivity index (χ3n) is 2.41. The molecular formula is C10H21NO3S. The van der Waals surface area contributed by atoms with Crippen molar-refractivity contribution in [3.8, 4) is 0 Å². The number of hydrogen-bond donors (Lipinski definition) is 1. The highest BCUT2D eigenvalue weighted by Gasteiger charge is 2.17. The lowest BCUT2D eigenvalue weighted by Gasteiger charge is -2.13. The summed E-state index contributed by atoms with van der Waals surface area (Å²) in [6, 6.07) is -0.464. The summed E-state index contributed by atoms with van der Waals surface area (Å²) in [5.74, 6) is 0.286. The predicted molar refractivity (Wildman–Crippen MR) is 61.4 cm³/mol. The predicted octanol–water partition coefficient (Wildman–Crippen LogP) is 0.754. The zero-order chi connectivity index (χ0) is 12.1. The normalized spacial score (nSPS) is 14.2. The number of hydrogen-bond acceptors (Lipinski definition) is 4. The van der Waals surface area contributed by atoms with Crippen LogP contribution in [0.4, 0.5) is 0 Å². The molecule has 0 saturated heterocycles. The molecule has 0 aromatic rings. The first-order valence-corrected chi connectivity index (χ1v) is 7.11. The smallest absolute Gasteiger partial charge is 0.150 e. The van der Waals surface area contributed by atoms with E-state index >= 15 is 0 Å². The quantitative estimate of drug-likeness (QED) is 0.706. The molecule has 1 unspecified atom stereocenters. The van der Waals surface area contributed by atoms with Crippen LogP contribution in [0, 0.1) is 5.92 Å². The molecule has 0 aromatic carbocycles. The molecule has 15 heavy (non-hydrogen) atoms. The van der Waals surface area contributed by atoms with Crippen LogP contribution in [0.5, 0.6) is 0 Å². The van der Waals surface area contributed by atoms with Crippen LogP contribution in [0.15, 0.2) is 0 Å². The molecular weight excluding hydrogens is 214 g/mol. The Hall–Kier alpha value is -0.420. The van der Waals surface area contributed by atoms with Crippen LogP contribution in [-0.4, -0.2) is 31.7 Å². The molecule has 0 aliphatic rings. The highest BCUT2D eigenvalue weighted by atomic mass is 32.2. The van der Waals surface area contributed by atoms with Crippen LogP contribution >= 0.6 is 0 Å². The van der Waals surface area contributed by atoms with E-state index in [4.69, 9.17) is 5.73 Å². The summed E-state index contributed by atoms with van der Waals surface area (Å²) in [4.78, 5) is 11.4. The van der Waals surface area contributed by atoms with Crippen molar-refractivity contribution in [1.29, 1.82) is 0 Å². The Morgan fingerprint density at radius 2 is 1.87 bits per heavy atom. The van der Waals surface area contributed by atoms with Gasteiger partial charge in [-0.15, -0.1) is 0 Å². The number of ketones is 1. The highest BCUT2D eigenvalue weighted by Crippen LogP contribution is 2.05. The molecule has 0 aliphatic carbocycles. The zero-order valence-electron chi connectivity index (χ0n) is 9.69. The second kappa shape index (κ2) is 6.23. The van der Waals surface area contributed by atoms with Gasteiger partial charge in [0.25, 0.3) is 0 Å². The van der Waals surface area contributed by atoms with E-state index < -0.39 is 15.9 Å². The van der Waals surface area contributed by atoms with Crippen LogP contribution in [0.1, 0.15) is 33.6 Å². The molecule has 2 N–H and O–H groups in total. The first kappa shape index (κ1) is 14.6. The lowest BCUT2D eigenvalue weighted by atomic mass is 9.98. The highest BCUT2D eigenvalue weighted by molar-refractivity contribution is 7.91. The van der Waals surface area contributed by atoms with Gasteiger partial charge in [0.1, 0.15) is 15.6 Å². The maximum atomic E-state index is 11.4. The van der Waals surface area contributed by atoms with E-state index in [-0.39, 0.29) is 29.6 Å². The van der Waals surface area contributed by atoms with Crippen LogP contribution in [0.3, 0.4) is 0 Å². The number of nitrogens with two attached hydrogens (primary N) is 1. The Bertz CT molecular complexity index is 296. The number of sulfone groups is 1. The Morgan fingerprint density at radius 3 is 2.27 bits per heavy atom. The molecule has 4 nitrogen and oxygen atoms in total. The second-order valence-electron chi connectivity index (χ2n) is 4.08. The first-order chi connectivity index (χ1) is 6.80. The average Bonchev–Trinajstić information content (AvgIpc) is 2.16. The maximum Gasteiger partial charge on any atom is 0.150 e. The van der Waals surface area contributed by atoms with Crippen LogP contribution < -0.4 is 5.73 Å². The first-order valence-electron chi connectivity index (χ1n) is 5.29. The summed E-state index contributed by atoms with van der Waals surface area (Å²) in [6.45, 7) is 5.37. The van der Waals surface area contributed by atoms with Crippen molar-refractivity contribution in [2.45, 2.75) is 39.7 Å². The van der Waals surface area contributed by atoms with Crippen molar-refractivity contribution < 1.29 is 13.2 Å². The summed E-state index contributed by atoms with van der Waals surface area (Å²) in [6.07, 6.45) is 0.647. The number of Topliss-reactive ketones (excluding diaryl/α,β-unsaturated/α-hetero) is 1. The minimum atomic E-state index is -2.95. The van der Waals surface area contributed by atoms with Crippen LogP contribution in [-0.2, 0) is 14.6 Å². The van der Waals surface area contributed by atoms with E-state index in [1.807, 2.05) is 13.8 Å². The van der Waals surface area contributed by atoms with Crippen molar-refractivity contribution in [3.63, 3.8) is 0 Å². The van der Waals surface area contributed by atoms with Crippen molar-refractivity contribution in [3.05, 3.63) is 0 Å². The Labute approximate surface area is 92.2 Å². The number of carbonyl (C=O) groups is 1. The fourth-order valence-corrected chi connectivity index (χ4v) is 2.02. The third kappa shape index (κ3) is 5.89. The van der Waals surface area contributed by atoms with Gasteiger partial charge in [0.15, 0.2) is 0 Å². The van der Waals surface area contributed by atoms with Gasteiger partial charge >= 0.3 is 0 Å². The summed E-state index contributed by atoms with van der Waals surface area (Å²) in [5.41, 5.74) is 5.64. The molecule has 0 spiro atoms. The van der Waals surface area contributed by atoms with E-state index in [1.165, 1.54) is 0 Å². The lowest BCUT2D eigenvalue weighted by Crippen LogP contribution is -2.35. The molecule has 1 atom stereocenters. The SMILES string of the molecule is CCS(=O)(=O)CCCC(=O)C(N)C(C)C. The second-order valence-corrected chi connectivity index (χ2v) is 6.55. The zero-order valence-corrected chi connectivity index (χ0v) is 10.5. The summed E-state index contributed by atoms with van der Waals surface area (Å²) in [5, 5.41) is 0. The number of rotatable bonds is 7. The molecule has 0 fully saturated rings. The molecule has 90 valence electrons. The van der Waals surface area contributed by atoms with Gasteiger partial charge in [-0.2, -0.15) is 0 Å². The van der Waals surface area contributed by atoms with E-state index in [1.54, 1.807) is 6.92 Å². The molecule has 0 heterocycles.